The Kier molecular flexibility index (Phi) is 5.60. The minimum Gasteiger partial charge on any atom is -0.481 e. The summed E-state index contributed by atoms with van der Waals surface area (Å²) in [7, 11) is 0. The van der Waals surface area contributed by atoms with Crippen LogP contribution < -0.4 is 5.32 Å². The lowest BCUT2D eigenvalue weighted by Crippen LogP contribution is -2.53. The molecule has 0 aliphatic carbocycles. The van der Waals surface area contributed by atoms with Gasteiger partial charge in [-0.25, -0.2) is 4.79 Å². The molecule has 19 heavy (non-hydrogen) atoms. The zero-order valence-corrected chi connectivity index (χ0v) is 11.7. The molecule has 0 saturated carbocycles. The fourth-order valence-electron chi connectivity index (χ4n) is 2.46. The normalized spacial score (nSPS) is 20.2. The summed E-state index contributed by atoms with van der Waals surface area (Å²) in [5, 5.41) is 20.5. The number of hydrogen-bond acceptors (Lipinski definition) is 3. The van der Waals surface area contributed by atoms with Crippen LogP contribution in [0.4, 0.5) is 4.79 Å². The molecule has 1 aliphatic heterocycles. The fraction of sp³-hybridized carbons (Fsp3) is 0.846. The maximum Gasteiger partial charge on any atom is 0.317 e. The van der Waals surface area contributed by atoms with Crippen LogP contribution in [0.1, 0.15) is 39.5 Å². The van der Waals surface area contributed by atoms with Gasteiger partial charge in [0.15, 0.2) is 0 Å². The molecule has 0 aromatic rings. The van der Waals surface area contributed by atoms with Gasteiger partial charge in [0, 0.05) is 25.2 Å². The molecule has 1 unspecified atom stereocenters. The van der Waals surface area contributed by atoms with Crippen LogP contribution in [-0.4, -0.2) is 52.3 Å². The third-order valence-electron chi connectivity index (χ3n) is 3.38. The van der Waals surface area contributed by atoms with E-state index in [4.69, 9.17) is 10.2 Å². The summed E-state index contributed by atoms with van der Waals surface area (Å²) in [6, 6.07) is -0.214. The predicted octanol–water partition coefficient (Wildman–Crippen LogP) is 1.04. The van der Waals surface area contributed by atoms with Crippen LogP contribution in [0.5, 0.6) is 0 Å². The van der Waals surface area contributed by atoms with Gasteiger partial charge in [-0.3, -0.25) is 4.79 Å². The van der Waals surface area contributed by atoms with Crippen molar-refractivity contribution in [3.63, 3.8) is 0 Å². The predicted molar refractivity (Wildman–Crippen MR) is 70.9 cm³/mol. The second-order valence-electron chi connectivity index (χ2n) is 5.85. The number of likely N-dealkylation sites (tertiary alicyclic amines) is 1. The van der Waals surface area contributed by atoms with E-state index in [0.29, 0.717) is 25.4 Å². The largest absolute Gasteiger partial charge is 0.481 e. The SMILES string of the molecule is CC(C)(CC(=O)O)NC(=O)N1CCCC(CCO)C1. The van der Waals surface area contributed by atoms with Crippen LogP contribution in [0.25, 0.3) is 0 Å². The topological polar surface area (TPSA) is 89.9 Å². The molecule has 0 radical (unpaired) electrons. The molecule has 1 rings (SSSR count). The number of carboxylic acids is 1. The third kappa shape index (κ3) is 5.46. The maximum atomic E-state index is 12.1. The zero-order chi connectivity index (χ0) is 14.5. The molecule has 0 aromatic heterocycles. The van der Waals surface area contributed by atoms with Gasteiger partial charge in [0.25, 0.3) is 0 Å². The lowest BCUT2D eigenvalue weighted by atomic mass is 9.95. The van der Waals surface area contributed by atoms with Crippen molar-refractivity contribution in [3.8, 4) is 0 Å². The van der Waals surface area contributed by atoms with E-state index in [1.807, 2.05) is 0 Å². The number of carbonyl (C=O) groups is 2. The standard InChI is InChI=1S/C13H24N2O4/c1-13(2,8-11(17)18)14-12(19)15-6-3-4-10(9-15)5-7-16/h10,16H,3-9H2,1-2H3,(H,14,19)(H,17,18). The molecule has 110 valence electrons. The number of piperidine rings is 1. The third-order valence-corrected chi connectivity index (χ3v) is 3.38. The van der Waals surface area contributed by atoms with Gasteiger partial charge in [-0.1, -0.05) is 0 Å². The number of hydrogen-bond donors (Lipinski definition) is 3. The average Bonchev–Trinajstić information content (AvgIpc) is 2.27. The first kappa shape index (κ1) is 15.8. The number of aliphatic carboxylic acids is 1. The van der Waals surface area contributed by atoms with Gasteiger partial charge in [0.05, 0.1) is 6.42 Å². The van der Waals surface area contributed by atoms with Crippen molar-refractivity contribution in [3.05, 3.63) is 0 Å². The molecule has 1 aliphatic rings. The van der Waals surface area contributed by atoms with E-state index in [1.165, 1.54) is 0 Å². The van der Waals surface area contributed by atoms with E-state index in [2.05, 4.69) is 5.32 Å². The van der Waals surface area contributed by atoms with Crippen LogP contribution in [0.3, 0.4) is 0 Å². The molecule has 0 aromatic carbocycles. The van der Waals surface area contributed by atoms with E-state index in [1.54, 1.807) is 18.7 Å². The highest BCUT2D eigenvalue weighted by molar-refractivity contribution is 5.76. The van der Waals surface area contributed by atoms with Crippen molar-refractivity contribution in [1.29, 1.82) is 0 Å². The first-order chi connectivity index (χ1) is 8.84. The number of nitrogens with zero attached hydrogens (tertiary/aromatic N) is 1. The van der Waals surface area contributed by atoms with Crippen molar-refractivity contribution < 1.29 is 19.8 Å². The number of urea groups is 1. The Morgan fingerprint density at radius 1 is 1.42 bits per heavy atom. The molecule has 0 spiro atoms. The lowest BCUT2D eigenvalue weighted by Gasteiger charge is -2.35. The molecule has 2 amide bonds. The van der Waals surface area contributed by atoms with Gasteiger partial charge < -0.3 is 20.4 Å². The number of aliphatic hydroxyl groups excluding tert-OH is 1. The monoisotopic (exact) mass is 272 g/mol. The molecule has 1 fully saturated rings. The Labute approximate surface area is 113 Å². The highest BCUT2D eigenvalue weighted by Gasteiger charge is 2.29. The van der Waals surface area contributed by atoms with Crippen LogP contribution in [0.2, 0.25) is 0 Å². The first-order valence-corrected chi connectivity index (χ1v) is 6.74. The van der Waals surface area contributed by atoms with Gasteiger partial charge >= 0.3 is 12.0 Å². The van der Waals surface area contributed by atoms with Crippen molar-refractivity contribution >= 4 is 12.0 Å². The number of amides is 2. The van der Waals surface area contributed by atoms with Crippen molar-refractivity contribution in [1.82, 2.24) is 10.2 Å². The van der Waals surface area contributed by atoms with E-state index in [9.17, 15) is 9.59 Å². The summed E-state index contributed by atoms with van der Waals surface area (Å²) in [5.41, 5.74) is -0.757. The number of aliphatic hydroxyl groups is 1. The summed E-state index contributed by atoms with van der Waals surface area (Å²) >= 11 is 0. The minimum atomic E-state index is -0.929. The van der Waals surface area contributed by atoms with E-state index < -0.39 is 11.5 Å². The summed E-state index contributed by atoms with van der Waals surface area (Å²) in [6.45, 7) is 4.87. The number of nitrogens with one attached hydrogen (secondary N) is 1. The second-order valence-corrected chi connectivity index (χ2v) is 5.85. The Hall–Kier alpha value is -1.30. The average molecular weight is 272 g/mol. The lowest BCUT2D eigenvalue weighted by molar-refractivity contribution is -0.138. The first-order valence-electron chi connectivity index (χ1n) is 6.74. The number of rotatable bonds is 5. The summed E-state index contributed by atoms with van der Waals surface area (Å²) < 4.78 is 0. The highest BCUT2D eigenvalue weighted by atomic mass is 16.4. The molecule has 3 N–H and O–H groups in total. The van der Waals surface area contributed by atoms with Crippen molar-refractivity contribution in [2.24, 2.45) is 5.92 Å². The Balaban J connectivity index is 2.50. The molecule has 6 heteroatoms. The van der Waals surface area contributed by atoms with Gasteiger partial charge in [0.1, 0.15) is 0 Å². The zero-order valence-electron chi connectivity index (χ0n) is 11.7. The summed E-state index contributed by atoms with van der Waals surface area (Å²) in [6.07, 6.45) is 2.56. The molecule has 1 heterocycles. The quantitative estimate of drug-likeness (QED) is 0.697. The van der Waals surface area contributed by atoms with E-state index in [-0.39, 0.29) is 19.1 Å². The molecular formula is C13H24N2O4. The summed E-state index contributed by atoms with van der Waals surface area (Å²) in [4.78, 5) is 24.5. The smallest absolute Gasteiger partial charge is 0.317 e. The highest BCUT2D eigenvalue weighted by Crippen LogP contribution is 2.20. The van der Waals surface area contributed by atoms with Gasteiger partial charge in [-0.05, 0) is 39.0 Å². The number of carbonyl (C=O) groups excluding carboxylic acids is 1. The molecule has 6 nitrogen and oxygen atoms in total. The second kappa shape index (κ2) is 6.75. The van der Waals surface area contributed by atoms with Gasteiger partial charge in [-0.2, -0.15) is 0 Å². The van der Waals surface area contributed by atoms with E-state index >= 15 is 0 Å². The summed E-state index contributed by atoms with van der Waals surface area (Å²) in [5.74, 6) is -0.589. The Morgan fingerprint density at radius 3 is 2.68 bits per heavy atom. The fourth-order valence-corrected chi connectivity index (χ4v) is 2.46. The van der Waals surface area contributed by atoms with Crippen molar-refractivity contribution in [2.75, 3.05) is 19.7 Å². The van der Waals surface area contributed by atoms with Crippen LogP contribution >= 0.6 is 0 Å². The van der Waals surface area contributed by atoms with Gasteiger partial charge in [-0.15, -0.1) is 0 Å². The number of carboxylic acid groups (broad SMARTS) is 1. The maximum absolute atomic E-state index is 12.1. The minimum absolute atomic E-state index is 0.105. The molecular weight excluding hydrogens is 248 g/mol. The van der Waals surface area contributed by atoms with Gasteiger partial charge in [0.2, 0.25) is 0 Å². The molecule has 1 saturated heterocycles. The van der Waals surface area contributed by atoms with Crippen LogP contribution in [0.15, 0.2) is 0 Å². The van der Waals surface area contributed by atoms with Crippen molar-refractivity contribution in [2.45, 2.75) is 45.1 Å². The molecule has 1 atom stereocenters. The molecule has 0 bridgehead atoms. The Morgan fingerprint density at radius 2 is 2.11 bits per heavy atom. The Bertz CT molecular complexity index is 329. The van der Waals surface area contributed by atoms with E-state index in [0.717, 1.165) is 12.8 Å². The van der Waals surface area contributed by atoms with Crippen LogP contribution in [-0.2, 0) is 4.79 Å². The van der Waals surface area contributed by atoms with Crippen LogP contribution in [0, 0.1) is 5.92 Å².